The molecule has 0 radical (unpaired) electrons. The zero-order valence-corrected chi connectivity index (χ0v) is 15.4. The van der Waals surface area contributed by atoms with E-state index in [0.717, 1.165) is 18.9 Å². The number of hydrogen-bond acceptors (Lipinski definition) is 6. The molecule has 0 unspecified atom stereocenters. The van der Waals surface area contributed by atoms with Gasteiger partial charge in [-0.3, -0.25) is 9.48 Å². The maximum atomic E-state index is 12.6. The quantitative estimate of drug-likeness (QED) is 0.826. The first kappa shape index (κ1) is 18.5. The molecule has 0 bridgehead atoms. The van der Waals surface area contributed by atoms with Crippen molar-refractivity contribution in [2.75, 3.05) is 29.1 Å². The average molecular weight is 395 g/mol. The number of rotatable bonds is 4. The number of fused-ring (bicyclic) bond motifs is 1. The normalized spacial score (nSPS) is 21.8. The number of likely N-dealkylation sites (N-methyl/N-ethyl adjacent to an activating group) is 1. The summed E-state index contributed by atoms with van der Waals surface area (Å²) in [5.41, 5.74) is 0.435. The molecule has 1 fully saturated rings. The molecule has 1 saturated carbocycles. The highest BCUT2D eigenvalue weighted by atomic mass is 19.4. The van der Waals surface area contributed by atoms with Gasteiger partial charge < -0.3 is 15.5 Å². The van der Waals surface area contributed by atoms with E-state index >= 15 is 0 Å². The zero-order chi connectivity index (χ0) is 20.1. The molecular weight excluding hydrogens is 375 g/mol. The van der Waals surface area contributed by atoms with Crippen molar-refractivity contribution in [2.24, 2.45) is 5.92 Å². The van der Waals surface area contributed by atoms with E-state index in [0.29, 0.717) is 29.7 Å². The lowest BCUT2D eigenvalue weighted by molar-refractivity contribution is -0.141. The van der Waals surface area contributed by atoms with E-state index in [1.54, 1.807) is 11.9 Å². The Kier molecular flexibility index (Phi) is 4.39. The Morgan fingerprint density at radius 2 is 2.07 bits per heavy atom. The third-order valence-electron chi connectivity index (χ3n) is 5.02. The number of halogens is 3. The van der Waals surface area contributed by atoms with E-state index in [-0.39, 0.29) is 24.4 Å². The summed E-state index contributed by atoms with van der Waals surface area (Å²) in [7, 11) is 1.80. The summed E-state index contributed by atoms with van der Waals surface area (Å²) in [5, 5.41) is 9.66. The second-order valence-electron chi connectivity index (χ2n) is 7.33. The summed E-state index contributed by atoms with van der Waals surface area (Å²) in [5.74, 6) is 1.30. The lowest BCUT2D eigenvalue weighted by Gasteiger charge is -2.36. The topological polar surface area (TPSA) is 88.0 Å². The summed E-state index contributed by atoms with van der Waals surface area (Å²) in [6.07, 6.45) is -1.45. The molecule has 1 amide bonds. The van der Waals surface area contributed by atoms with Crippen molar-refractivity contribution in [2.45, 2.75) is 38.5 Å². The summed E-state index contributed by atoms with van der Waals surface area (Å²) in [6, 6.07) is 1.15. The number of hydrogen-bond donors (Lipinski definition) is 2. The van der Waals surface area contributed by atoms with Gasteiger partial charge in [0.1, 0.15) is 5.69 Å². The Balaban J connectivity index is 1.35. The molecule has 0 saturated heterocycles. The highest BCUT2D eigenvalue weighted by molar-refractivity contribution is 6.00. The number of nitrogens with one attached hydrogen (secondary N) is 2. The van der Waals surface area contributed by atoms with E-state index in [9.17, 15) is 18.0 Å². The number of carbonyl (C=O) groups excluding carboxylic acids is 1. The van der Waals surface area contributed by atoms with Gasteiger partial charge >= 0.3 is 6.18 Å². The maximum absolute atomic E-state index is 12.6. The second kappa shape index (κ2) is 6.64. The van der Waals surface area contributed by atoms with Crippen LogP contribution in [0.15, 0.2) is 12.3 Å². The number of anilines is 3. The van der Waals surface area contributed by atoms with Gasteiger partial charge in [-0.1, -0.05) is 0 Å². The fourth-order valence-corrected chi connectivity index (χ4v) is 3.58. The van der Waals surface area contributed by atoms with Crippen molar-refractivity contribution in [1.82, 2.24) is 19.7 Å². The fourth-order valence-electron chi connectivity index (χ4n) is 3.58. The molecule has 2 aromatic heterocycles. The van der Waals surface area contributed by atoms with Gasteiger partial charge in [0.15, 0.2) is 11.5 Å². The number of amides is 1. The number of aromatic nitrogens is 4. The standard InChI is InChI=1S/C17H20F3N7O/c1-9-14-15(26(2)8-13(28)23-14)24-16(21-9)22-11-5-10(6-11)7-27-4-3-12(25-27)17(18,19)20/h3-4,10-11H,5-8H2,1-2H3,(H,23,28)(H,21,22,24). The third kappa shape index (κ3) is 3.60. The third-order valence-corrected chi connectivity index (χ3v) is 5.02. The predicted molar refractivity (Wildman–Crippen MR) is 96.0 cm³/mol. The van der Waals surface area contributed by atoms with Gasteiger partial charge in [0, 0.05) is 25.8 Å². The molecule has 2 aromatic rings. The Hall–Kier alpha value is -2.85. The van der Waals surface area contributed by atoms with E-state index in [4.69, 9.17) is 0 Å². The van der Waals surface area contributed by atoms with Gasteiger partial charge in [-0.15, -0.1) is 0 Å². The average Bonchev–Trinajstić information content (AvgIpc) is 3.03. The molecule has 0 atom stereocenters. The fraction of sp³-hybridized carbons (Fsp3) is 0.529. The van der Waals surface area contributed by atoms with Crippen LogP contribution in [0.5, 0.6) is 0 Å². The van der Waals surface area contributed by atoms with Crippen LogP contribution in [0.25, 0.3) is 0 Å². The number of aryl methyl sites for hydroxylation is 1. The molecule has 3 heterocycles. The van der Waals surface area contributed by atoms with E-state index in [2.05, 4.69) is 25.7 Å². The number of alkyl halides is 3. The van der Waals surface area contributed by atoms with Crippen LogP contribution in [0.3, 0.4) is 0 Å². The molecule has 8 nitrogen and oxygen atoms in total. The van der Waals surface area contributed by atoms with Crippen LogP contribution in [0.1, 0.15) is 24.2 Å². The van der Waals surface area contributed by atoms with E-state index < -0.39 is 11.9 Å². The lowest BCUT2D eigenvalue weighted by atomic mass is 9.80. The van der Waals surface area contributed by atoms with Gasteiger partial charge in [0.25, 0.3) is 0 Å². The first-order valence-electron chi connectivity index (χ1n) is 8.96. The molecule has 4 rings (SSSR count). The highest BCUT2D eigenvalue weighted by Crippen LogP contribution is 2.34. The van der Waals surface area contributed by atoms with Crippen LogP contribution >= 0.6 is 0 Å². The van der Waals surface area contributed by atoms with Crippen molar-refractivity contribution in [3.63, 3.8) is 0 Å². The Labute approximate surface area is 159 Å². The van der Waals surface area contributed by atoms with Crippen LogP contribution in [0, 0.1) is 12.8 Å². The molecular formula is C17H20F3N7O. The molecule has 1 aliphatic carbocycles. The van der Waals surface area contributed by atoms with Crippen molar-refractivity contribution < 1.29 is 18.0 Å². The molecule has 0 aromatic carbocycles. The largest absolute Gasteiger partial charge is 0.435 e. The SMILES string of the molecule is Cc1nc(NC2CC(Cn3ccc(C(F)(F)F)n3)C2)nc2c1NC(=O)CN2C. The zero-order valence-electron chi connectivity index (χ0n) is 15.4. The van der Waals surface area contributed by atoms with Gasteiger partial charge in [-0.2, -0.15) is 23.3 Å². The molecule has 28 heavy (non-hydrogen) atoms. The number of carbonyl (C=O) groups is 1. The van der Waals surface area contributed by atoms with Gasteiger partial charge in [0.05, 0.1) is 12.2 Å². The van der Waals surface area contributed by atoms with Crippen molar-refractivity contribution >= 4 is 23.4 Å². The Morgan fingerprint density at radius 3 is 2.75 bits per heavy atom. The second-order valence-corrected chi connectivity index (χ2v) is 7.33. The van der Waals surface area contributed by atoms with E-state index in [1.165, 1.54) is 10.9 Å². The van der Waals surface area contributed by atoms with Gasteiger partial charge in [0.2, 0.25) is 11.9 Å². The smallest absolute Gasteiger partial charge is 0.351 e. The Morgan fingerprint density at radius 1 is 1.32 bits per heavy atom. The van der Waals surface area contributed by atoms with Crippen molar-refractivity contribution in [1.29, 1.82) is 0 Å². The van der Waals surface area contributed by atoms with Gasteiger partial charge in [-0.25, -0.2) is 4.98 Å². The van der Waals surface area contributed by atoms with E-state index in [1.807, 2.05) is 6.92 Å². The highest BCUT2D eigenvalue weighted by Gasteiger charge is 2.35. The van der Waals surface area contributed by atoms with Crippen LogP contribution in [-0.2, 0) is 17.5 Å². The molecule has 0 spiro atoms. The summed E-state index contributed by atoms with van der Waals surface area (Å²) < 4.78 is 39.2. The van der Waals surface area contributed by atoms with Gasteiger partial charge in [-0.05, 0) is 31.7 Å². The molecule has 2 aliphatic rings. The summed E-state index contributed by atoms with van der Waals surface area (Å²) in [4.78, 5) is 22.3. The maximum Gasteiger partial charge on any atom is 0.435 e. The van der Waals surface area contributed by atoms with Crippen LogP contribution in [0.2, 0.25) is 0 Å². The number of nitrogens with zero attached hydrogens (tertiary/aromatic N) is 5. The minimum atomic E-state index is -4.41. The first-order chi connectivity index (χ1) is 13.2. The molecule has 2 N–H and O–H groups in total. The summed E-state index contributed by atoms with van der Waals surface area (Å²) in [6.45, 7) is 2.50. The minimum Gasteiger partial charge on any atom is -0.351 e. The Bertz CT molecular complexity index is 905. The first-order valence-corrected chi connectivity index (χ1v) is 8.96. The van der Waals surface area contributed by atoms with Crippen molar-refractivity contribution in [3.05, 3.63) is 23.7 Å². The molecule has 150 valence electrons. The predicted octanol–water partition coefficient (Wildman–Crippen LogP) is 2.28. The lowest BCUT2D eigenvalue weighted by Crippen LogP contribution is -2.39. The monoisotopic (exact) mass is 395 g/mol. The van der Waals surface area contributed by atoms with Crippen molar-refractivity contribution in [3.8, 4) is 0 Å². The molecule has 1 aliphatic heterocycles. The van der Waals surface area contributed by atoms with Crippen LogP contribution in [0.4, 0.5) is 30.6 Å². The van der Waals surface area contributed by atoms with Crippen LogP contribution in [-0.4, -0.2) is 45.3 Å². The molecule has 11 heteroatoms. The van der Waals surface area contributed by atoms with Crippen LogP contribution < -0.4 is 15.5 Å². The summed E-state index contributed by atoms with van der Waals surface area (Å²) >= 11 is 0. The minimum absolute atomic E-state index is 0.100.